The summed E-state index contributed by atoms with van der Waals surface area (Å²) in [5, 5.41) is 0. The topological polar surface area (TPSA) is 6.48 Å². The number of nitrogens with zero attached hydrogens (tertiary/aromatic N) is 2. The van der Waals surface area contributed by atoms with Gasteiger partial charge in [-0.05, 0) is 33.5 Å². The van der Waals surface area contributed by atoms with E-state index in [4.69, 9.17) is 0 Å². The highest BCUT2D eigenvalue weighted by Gasteiger charge is 2.43. The molecule has 0 bridgehead atoms. The predicted molar refractivity (Wildman–Crippen MR) is 53.5 cm³/mol. The first-order valence-corrected chi connectivity index (χ1v) is 5.33. The molecule has 0 N–H and O–H groups in total. The van der Waals surface area contributed by atoms with Crippen molar-refractivity contribution in [3.63, 3.8) is 0 Å². The zero-order valence-corrected chi connectivity index (χ0v) is 9.51. The van der Waals surface area contributed by atoms with E-state index in [0.717, 1.165) is 6.54 Å². The summed E-state index contributed by atoms with van der Waals surface area (Å²) in [4.78, 5) is 3.90. The van der Waals surface area contributed by atoms with Gasteiger partial charge in [-0.15, -0.1) is 0 Å². The van der Waals surface area contributed by atoms with Crippen molar-refractivity contribution in [1.29, 1.82) is 0 Å². The summed E-state index contributed by atoms with van der Waals surface area (Å²) in [6.45, 7) is 3.01. The van der Waals surface area contributed by atoms with Crippen LogP contribution in [0.4, 0.5) is 13.2 Å². The molecule has 1 rings (SSSR count). The molecular formula is C10H19F3N2. The molecule has 90 valence electrons. The molecule has 0 aromatic heterocycles. The number of piperidine rings is 1. The zero-order chi connectivity index (χ0) is 11.6. The molecule has 0 aromatic carbocycles. The van der Waals surface area contributed by atoms with Crippen LogP contribution in [0.25, 0.3) is 0 Å². The number of halogens is 3. The number of likely N-dealkylation sites (tertiary alicyclic amines) is 1. The van der Waals surface area contributed by atoms with Crippen molar-refractivity contribution in [2.45, 2.75) is 32.1 Å². The summed E-state index contributed by atoms with van der Waals surface area (Å²) in [6.07, 6.45) is -3.02. The van der Waals surface area contributed by atoms with Gasteiger partial charge >= 0.3 is 6.18 Å². The van der Waals surface area contributed by atoms with Gasteiger partial charge in [-0.2, -0.15) is 13.2 Å². The molecule has 1 aliphatic heterocycles. The smallest absolute Gasteiger partial charge is 0.291 e. The van der Waals surface area contributed by atoms with Crippen LogP contribution in [0.5, 0.6) is 0 Å². The minimum atomic E-state index is -4.04. The Labute approximate surface area is 89.0 Å². The van der Waals surface area contributed by atoms with Crippen molar-refractivity contribution in [2.75, 3.05) is 27.2 Å². The van der Waals surface area contributed by atoms with Gasteiger partial charge in [0.15, 0.2) is 0 Å². The minimum absolute atomic E-state index is 0.124. The fourth-order valence-corrected chi connectivity index (χ4v) is 2.17. The molecule has 5 heteroatoms. The third kappa shape index (κ3) is 3.08. The van der Waals surface area contributed by atoms with E-state index in [1.165, 1.54) is 0 Å². The van der Waals surface area contributed by atoms with Crippen LogP contribution in [0.1, 0.15) is 19.8 Å². The lowest BCUT2D eigenvalue weighted by Gasteiger charge is -2.42. The van der Waals surface area contributed by atoms with Gasteiger partial charge in [0.25, 0.3) is 0 Å². The van der Waals surface area contributed by atoms with Crippen molar-refractivity contribution in [3.05, 3.63) is 0 Å². The monoisotopic (exact) mass is 224 g/mol. The zero-order valence-electron chi connectivity index (χ0n) is 9.51. The fraction of sp³-hybridized carbons (Fsp3) is 1.00. The van der Waals surface area contributed by atoms with E-state index in [1.54, 1.807) is 7.05 Å². The van der Waals surface area contributed by atoms with Gasteiger partial charge in [0, 0.05) is 6.54 Å². The summed E-state index contributed by atoms with van der Waals surface area (Å²) in [7, 11) is 3.73. The van der Waals surface area contributed by atoms with E-state index in [-0.39, 0.29) is 19.1 Å². The Morgan fingerprint density at radius 3 is 2.33 bits per heavy atom. The molecule has 15 heavy (non-hydrogen) atoms. The van der Waals surface area contributed by atoms with Crippen LogP contribution < -0.4 is 0 Å². The van der Waals surface area contributed by atoms with E-state index in [9.17, 15) is 13.2 Å². The van der Waals surface area contributed by atoms with Crippen LogP contribution in [-0.4, -0.2) is 49.3 Å². The predicted octanol–water partition coefficient (Wildman–Crippen LogP) is 2.17. The van der Waals surface area contributed by atoms with Crippen LogP contribution in [-0.2, 0) is 0 Å². The molecule has 0 spiro atoms. The normalized spacial score (nSPS) is 29.8. The van der Waals surface area contributed by atoms with E-state index in [2.05, 4.69) is 4.90 Å². The van der Waals surface area contributed by atoms with Crippen LogP contribution in [0, 0.1) is 5.92 Å². The van der Waals surface area contributed by atoms with Crippen molar-refractivity contribution >= 4 is 0 Å². The summed E-state index contributed by atoms with van der Waals surface area (Å²) < 4.78 is 37.5. The van der Waals surface area contributed by atoms with E-state index in [1.807, 2.05) is 18.9 Å². The number of hydrogen-bond acceptors (Lipinski definition) is 2. The Morgan fingerprint density at radius 1 is 1.33 bits per heavy atom. The molecule has 1 aliphatic rings. The quantitative estimate of drug-likeness (QED) is 0.709. The lowest BCUT2D eigenvalue weighted by atomic mass is 9.95. The van der Waals surface area contributed by atoms with Crippen molar-refractivity contribution in [2.24, 2.45) is 5.92 Å². The molecule has 1 heterocycles. The largest absolute Gasteiger partial charge is 0.393 e. The molecule has 1 fully saturated rings. The van der Waals surface area contributed by atoms with Crippen molar-refractivity contribution in [3.8, 4) is 0 Å². The highest BCUT2D eigenvalue weighted by molar-refractivity contribution is 4.82. The maximum atomic E-state index is 12.5. The Kier molecular flexibility index (Phi) is 4.00. The van der Waals surface area contributed by atoms with Crippen molar-refractivity contribution in [1.82, 2.24) is 9.80 Å². The second kappa shape index (κ2) is 4.70. The first-order valence-electron chi connectivity index (χ1n) is 5.33. The fourth-order valence-electron chi connectivity index (χ4n) is 2.17. The highest BCUT2D eigenvalue weighted by atomic mass is 19.4. The second-order valence-electron chi connectivity index (χ2n) is 4.31. The van der Waals surface area contributed by atoms with Gasteiger partial charge in [-0.25, -0.2) is 0 Å². The Hall–Kier alpha value is -0.290. The maximum absolute atomic E-state index is 12.5. The van der Waals surface area contributed by atoms with Gasteiger partial charge in [-0.1, -0.05) is 6.92 Å². The molecule has 0 radical (unpaired) electrons. The number of alkyl halides is 3. The molecule has 2 atom stereocenters. The van der Waals surface area contributed by atoms with Gasteiger partial charge < -0.3 is 0 Å². The highest BCUT2D eigenvalue weighted by Crippen LogP contribution is 2.34. The molecule has 2 nitrogen and oxygen atoms in total. The molecule has 0 saturated carbocycles. The molecule has 0 aromatic rings. The van der Waals surface area contributed by atoms with E-state index < -0.39 is 12.1 Å². The summed E-state index contributed by atoms with van der Waals surface area (Å²) in [5.74, 6) is -1.15. The van der Waals surface area contributed by atoms with Crippen LogP contribution in [0.2, 0.25) is 0 Å². The minimum Gasteiger partial charge on any atom is -0.291 e. The first kappa shape index (κ1) is 12.8. The lowest BCUT2D eigenvalue weighted by molar-refractivity contribution is -0.193. The lowest BCUT2D eigenvalue weighted by Crippen LogP contribution is -2.52. The van der Waals surface area contributed by atoms with Gasteiger partial charge in [-0.3, -0.25) is 9.80 Å². The molecule has 1 saturated heterocycles. The Bertz CT molecular complexity index is 205. The Morgan fingerprint density at radius 2 is 1.93 bits per heavy atom. The SMILES string of the molecule is CCN(C)C1CCC(C(F)(F)F)CN1C. The standard InChI is InChI=1S/C10H19F3N2/c1-4-14(2)9-6-5-8(7-15(9)3)10(11,12)13/h8-9H,4-7H2,1-3H3. The second-order valence-corrected chi connectivity index (χ2v) is 4.31. The van der Waals surface area contributed by atoms with Crippen LogP contribution in [0.3, 0.4) is 0 Å². The third-order valence-corrected chi connectivity index (χ3v) is 3.26. The summed E-state index contributed by atoms with van der Waals surface area (Å²) in [5.41, 5.74) is 0. The molecule has 2 unspecified atom stereocenters. The molecule has 0 aliphatic carbocycles. The third-order valence-electron chi connectivity index (χ3n) is 3.26. The number of rotatable bonds is 2. The number of hydrogen-bond donors (Lipinski definition) is 0. The van der Waals surface area contributed by atoms with Gasteiger partial charge in [0.1, 0.15) is 0 Å². The van der Waals surface area contributed by atoms with Gasteiger partial charge in [0.05, 0.1) is 12.1 Å². The van der Waals surface area contributed by atoms with Crippen LogP contribution >= 0.6 is 0 Å². The van der Waals surface area contributed by atoms with Gasteiger partial charge in [0.2, 0.25) is 0 Å². The average Bonchev–Trinajstić information content (AvgIpc) is 2.15. The van der Waals surface area contributed by atoms with E-state index >= 15 is 0 Å². The Balaban J connectivity index is 2.55. The molecule has 0 amide bonds. The van der Waals surface area contributed by atoms with E-state index in [0.29, 0.717) is 6.42 Å². The summed E-state index contributed by atoms with van der Waals surface area (Å²) >= 11 is 0. The maximum Gasteiger partial charge on any atom is 0.393 e. The summed E-state index contributed by atoms with van der Waals surface area (Å²) in [6, 6.07) is 0. The molecular weight excluding hydrogens is 205 g/mol. The van der Waals surface area contributed by atoms with Crippen molar-refractivity contribution < 1.29 is 13.2 Å². The average molecular weight is 224 g/mol. The van der Waals surface area contributed by atoms with Crippen LogP contribution in [0.15, 0.2) is 0 Å². The first-order chi connectivity index (χ1) is 6.86.